The number of aromatic nitrogens is 1. The number of furan rings is 1. The molecule has 7 heteroatoms. The first-order chi connectivity index (χ1) is 13.8. The highest BCUT2D eigenvalue weighted by Gasteiger charge is 2.17. The lowest BCUT2D eigenvalue weighted by molar-refractivity contribution is -0.115. The number of hydrogen-bond donors (Lipinski definition) is 2. The number of nitrogens with one attached hydrogen (secondary N) is 2. The van der Waals surface area contributed by atoms with Crippen LogP contribution in [0.4, 0.5) is 10.8 Å². The van der Waals surface area contributed by atoms with E-state index in [0.717, 1.165) is 16.8 Å². The van der Waals surface area contributed by atoms with Crippen LogP contribution in [0.15, 0.2) is 46.4 Å². The number of thiazole rings is 1. The van der Waals surface area contributed by atoms with E-state index in [4.69, 9.17) is 4.42 Å². The van der Waals surface area contributed by atoms with E-state index < -0.39 is 0 Å². The maximum atomic E-state index is 12.7. The van der Waals surface area contributed by atoms with Gasteiger partial charge in [-0.2, -0.15) is 0 Å². The van der Waals surface area contributed by atoms with Gasteiger partial charge in [0.15, 0.2) is 10.9 Å². The summed E-state index contributed by atoms with van der Waals surface area (Å²) in [6, 6.07) is 9.37. The molecule has 3 rings (SSSR count). The zero-order valence-electron chi connectivity index (χ0n) is 17.0. The fraction of sp³-hybridized carbons (Fsp3) is 0.318. The van der Waals surface area contributed by atoms with Gasteiger partial charge in [0.2, 0.25) is 5.91 Å². The summed E-state index contributed by atoms with van der Waals surface area (Å²) >= 11 is 1.27. The molecular weight excluding hydrogens is 386 g/mol. The molecule has 0 spiro atoms. The molecule has 0 aliphatic carbocycles. The van der Waals surface area contributed by atoms with Crippen molar-refractivity contribution < 1.29 is 14.0 Å². The van der Waals surface area contributed by atoms with Crippen LogP contribution in [0.3, 0.4) is 0 Å². The van der Waals surface area contributed by atoms with Crippen molar-refractivity contribution >= 4 is 34.0 Å². The molecular formula is C22H25N3O3S. The third-order valence-electron chi connectivity index (χ3n) is 4.50. The van der Waals surface area contributed by atoms with Crippen molar-refractivity contribution in [1.82, 2.24) is 4.98 Å². The highest BCUT2D eigenvalue weighted by Crippen LogP contribution is 2.32. The van der Waals surface area contributed by atoms with Crippen LogP contribution < -0.4 is 10.6 Å². The summed E-state index contributed by atoms with van der Waals surface area (Å²) in [5.74, 6) is 0.311. The molecule has 2 amide bonds. The van der Waals surface area contributed by atoms with Gasteiger partial charge in [-0.25, -0.2) is 4.98 Å². The molecule has 0 saturated carbocycles. The number of carbonyl (C=O) groups is 2. The molecule has 0 atom stereocenters. The van der Waals surface area contributed by atoms with E-state index in [9.17, 15) is 9.59 Å². The van der Waals surface area contributed by atoms with Crippen molar-refractivity contribution in [3.8, 4) is 0 Å². The number of anilines is 2. The Bertz CT molecular complexity index is 964. The lowest BCUT2D eigenvalue weighted by Gasteiger charge is -2.20. The molecule has 0 radical (unpaired) electrons. The van der Waals surface area contributed by atoms with Gasteiger partial charge in [0.25, 0.3) is 5.91 Å². The second-order valence-electron chi connectivity index (χ2n) is 7.42. The molecule has 152 valence electrons. The standard InChI is InChI=1S/C22H25N3O3S/c1-13(2)16-7-5-8-17(14(3)4)20(16)24-19(26)11-15-12-29-22(23-15)25-21(27)18-9-6-10-28-18/h5-10,12-14H,11H2,1-4H3,(H,24,26)(H,23,25,27). The summed E-state index contributed by atoms with van der Waals surface area (Å²) in [5.41, 5.74) is 3.74. The first-order valence-corrected chi connectivity index (χ1v) is 10.4. The summed E-state index contributed by atoms with van der Waals surface area (Å²) in [5, 5.41) is 7.97. The average Bonchev–Trinajstić information content (AvgIpc) is 3.33. The molecule has 0 saturated heterocycles. The molecule has 2 aromatic heterocycles. The largest absolute Gasteiger partial charge is 0.459 e. The Morgan fingerprint density at radius 1 is 1.03 bits per heavy atom. The number of para-hydroxylation sites is 1. The molecule has 0 fully saturated rings. The van der Waals surface area contributed by atoms with Crippen molar-refractivity contribution in [2.24, 2.45) is 0 Å². The predicted molar refractivity (Wildman–Crippen MR) is 116 cm³/mol. The summed E-state index contributed by atoms with van der Waals surface area (Å²) < 4.78 is 5.07. The zero-order valence-corrected chi connectivity index (χ0v) is 17.8. The van der Waals surface area contributed by atoms with Crippen molar-refractivity contribution in [3.63, 3.8) is 0 Å². The normalized spacial score (nSPS) is 11.1. The van der Waals surface area contributed by atoms with Crippen molar-refractivity contribution in [2.75, 3.05) is 10.6 Å². The molecule has 2 heterocycles. The van der Waals surface area contributed by atoms with E-state index in [1.807, 2.05) is 6.07 Å². The lowest BCUT2D eigenvalue weighted by Crippen LogP contribution is -2.18. The Morgan fingerprint density at radius 2 is 1.72 bits per heavy atom. The van der Waals surface area contributed by atoms with Crippen LogP contribution >= 0.6 is 11.3 Å². The highest BCUT2D eigenvalue weighted by atomic mass is 32.1. The van der Waals surface area contributed by atoms with Crippen LogP contribution in [0, 0.1) is 0 Å². The summed E-state index contributed by atoms with van der Waals surface area (Å²) in [7, 11) is 0. The Morgan fingerprint density at radius 3 is 2.31 bits per heavy atom. The van der Waals surface area contributed by atoms with Crippen molar-refractivity contribution in [1.29, 1.82) is 0 Å². The molecule has 0 aliphatic rings. The van der Waals surface area contributed by atoms with E-state index in [1.54, 1.807) is 17.5 Å². The maximum absolute atomic E-state index is 12.7. The quantitative estimate of drug-likeness (QED) is 0.544. The van der Waals surface area contributed by atoms with Gasteiger partial charge in [-0.1, -0.05) is 45.9 Å². The van der Waals surface area contributed by atoms with E-state index in [-0.39, 0.29) is 24.0 Å². The Balaban J connectivity index is 1.69. The summed E-state index contributed by atoms with van der Waals surface area (Å²) in [6.45, 7) is 8.46. The van der Waals surface area contributed by atoms with Gasteiger partial charge in [-0.15, -0.1) is 11.3 Å². The van der Waals surface area contributed by atoms with E-state index in [1.165, 1.54) is 17.6 Å². The molecule has 6 nitrogen and oxygen atoms in total. The second-order valence-corrected chi connectivity index (χ2v) is 8.28. The molecule has 1 aromatic carbocycles. The van der Waals surface area contributed by atoms with Crippen LogP contribution in [-0.2, 0) is 11.2 Å². The number of benzene rings is 1. The van der Waals surface area contributed by atoms with Gasteiger partial charge >= 0.3 is 0 Å². The van der Waals surface area contributed by atoms with Crippen LogP contribution in [0.2, 0.25) is 0 Å². The number of hydrogen-bond acceptors (Lipinski definition) is 5. The van der Waals surface area contributed by atoms with Gasteiger partial charge < -0.3 is 9.73 Å². The Kier molecular flexibility index (Phi) is 6.49. The lowest BCUT2D eigenvalue weighted by atomic mass is 9.92. The first kappa shape index (κ1) is 20.8. The van der Waals surface area contributed by atoms with Crippen LogP contribution in [0.5, 0.6) is 0 Å². The van der Waals surface area contributed by atoms with Crippen LogP contribution in [0.25, 0.3) is 0 Å². The maximum Gasteiger partial charge on any atom is 0.293 e. The third kappa shape index (κ3) is 5.12. The first-order valence-electron chi connectivity index (χ1n) is 9.57. The van der Waals surface area contributed by atoms with E-state index in [2.05, 4.69) is 55.4 Å². The topological polar surface area (TPSA) is 84.2 Å². The van der Waals surface area contributed by atoms with Crippen LogP contribution in [-0.4, -0.2) is 16.8 Å². The zero-order chi connectivity index (χ0) is 21.0. The van der Waals surface area contributed by atoms with Crippen molar-refractivity contribution in [2.45, 2.75) is 46.0 Å². The SMILES string of the molecule is CC(C)c1cccc(C(C)C)c1NC(=O)Cc1csc(NC(=O)c2ccco2)n1. The number of carbonyl (C=O) groups excluding carboxylic acids is 2. The van der Waals surface area contributed by atoms with Gasteiger partial charge in [-0.3, -0.25) is 14.9 Å². The Labute approximate surface area is 174 Å². The predicted octanol–water partition coefficient (Wildman–Crippen LogP) is 5.42. The Hall–Kier alpha value is -2.93. The summed E-state index contributed by atoms with van der Waals surface area (Å²) in [6.07, 6.45) is 1.57. The van der Waals surface area contributed by atoms with Crippen LogP contribution in [0.1, 0.15) is 66.9 Å². The number of amides is 2. The number of nitrogens with zero attached hydrogens (tertiary/aromatic N) is 1. The molecule has 0 bridgehead atoms. The minimum absolute atomic E-state index is 0.130. The molecule has 0 unspecified atom stereocenters. The smallest absolute Gasteiger partial charge is 0.293 e. The molecule has 29 heavy (non-hydrogen) atoms. The van der Waals surface area contributed by atoms with E-state index in [0.29, 0.717) is 22.7 Å². The average molecular weight is 412 g/mol. The molecule has 3 aromatic rings. The van der Waals surface area contributed by atoms with Gasteiger partial charge in [0, 0.05) is 11.1 Å². The van der Waals surface area contributed by atoms with Gasteiger partial charge in [0.05, 0.1) is 18.4 Å². The third-order valence-corrected chi connectivity index (χ3v) is 5.30. The number of rotatable bonds is 7. The minimum atomic E-state index is -0.368. The fourth-order valence-electron chi connectivity index (χ4n) is 3.06. The second kappa shape index (κ2) is 9.05. The highest BCUT2D eigenvalue weighted by molar-refractivity contribution is 7.14. The molecule has 2 N–H and O–H groups in total. The minimum Gasteiger partial charge on any atom is -0.459 e. The van der Waals surface area contributed by atoms with E-state index >= 15 is 0 Å². The van der Waals surface area contributed by atoms with Gasteiger partial charge in [-0.05, 0) is 35.1 Å². The van der Waals surface area contributed by atoms with Gasteiger partial charge in [0.1, 0.15) is 0 Å². The summed E-state index contributed by atoms with van der Waals surface area (Å²) in [4.78, 5) is 29.1. The fourth-order valence-corrected chi connectivity index (χ4v) is 3.76. The molecule has 0 aliphatic heterocycles. The van der Waals surface area contributed by atoms with Crippen molar-refractivity contribution in [3.05, 3.63) is 64.6 Å². The monoisotopic (exact) mass is 411 g/mol.